The Morgan fingerprint density at radius 1 is 1.62 bits per heavy atom. The predicted octanol–water partition coefficient (Wildman–Crippen LogP) is 2.28. The summed E-state index contributed by atoms with van der Waals surface area (Å²) < 4.78 is 2.65. The van der Waals surface area contributed by atoms with Gasteiger partial charge in [-0.3, -0.25) is 0 Å². The number of aromatic nitrogens is 2. The molecule has 1 atom stereocenters. The fourth-order valence-corrected chi connectivity index (χ4v) is 3.49. The van der Waals surface area contributed by atoms with Crippen molar-refractivity contribution in [2.75, 3.05) is 12.3 Å². The van der Waals surface area contributed by atoms with Gasteiger partial charge in [0.05, 0.1) is 12.0 Å². The van der Waals surface area contributed by atoms with Gasteiger partial charge in [-0.25, -0.2) is 4.98 Å². The first-order valence-electron chi connectivity index (χ1n) is 6.07. The van der Waals surface area contributed by atoms with Gasteiger partial charge in [0, 0.05) is 30.6 Å². The molecule has 1 aliphatic heterocycles. The molecular weight excluding hydrogens is 218 g/mol. The Hall–Kier alpha value is -0.480. The molecule has 1 N–H and O–H groups in total. The van der Waals surface area contributed by atoms with E-state index in [2.05, 4.69) is 40.5 Å². The Morgan fingerprint density at radius 3 is 3.19 bits per heavy atom. The van der Waals surface area contributed by atoms with E-state index in [1.165, 1.54) is 24.3 Å². The number of nitrogens with one attached hydrogen (secondary N) is 1. The minimum absolute atomic E-state index is 0.455. The molecule has 0 aliphatic carbocycles. The van der Waals surface area contributed by atoms with Gasteiger partial charge in [0.2, 0.25) is 0 Å². The third kappa shape index (κ3) is 2.80. The van der Waals surface area contributed by atoms with Crippen molar-refractivity contribution in [2.24, 2.45) is 0 Å². The lowest BCUT2D eigenvalue weighted by Crippen LogP contribution is -2.32. The van der Waals surface area contributed by atoms with Gasteiger partial charge < -0.3 is 9.88 Å². The minimum atomic E-state index is 0.455. The Labute approximate surface area is 102 Å². The standard InChI is InChI=1S/C12H21N3S/c1-3-15-10-14-8-11(15)7-13-9-12(2)5-4-6-16-12/h8,10,13H,3-7,9H2,1-2H3. The van der Waals surface area contributed by atoms with E-state index in [0.29, 0.717) is 4.75 Å². The van der Waals surface area contributed by atoms with E-state index in [0.717, 1.165) is 19.6 Å². The van der Waals surface area contributed by atoms with Gasteiger partial charge in [-0.05, 0) is 32.4 Å². The summed E-state index contributed by atoms with van der Waals surface area (Å²) in [5.41, 5.74) is 1.29. The summed E-state index contributed by atoms with van der Waals surface area (Å²) in [6.45, 7) is 7.56. The summed E-state index contributed by atoms with van der Waals surface area (Å²) in [6.07, 6.45) is 6.58. The summed E-state index contributed by atoms with van der Waals surface area (Å²) in [5, 5.41) is 3.56. The quantitative estimate of drug-likeness (QED) is 0.855. The van der Waals surface area contributed by atoms with Crippen molar-refractivity contribution in [1.29, 1.82) is 0 Å². The van der Waals surface area contributed by atoms with Crippen molar-refractivity contribution < 1.29 is 0 Å². The number of nitrogens with zero attached hydrogens (tertiary/aromatic N) is 2. The van der Waals surface area contributed by atoms with Crippen LogP contribution in [0.25, 0.3) is 0 Å². The molecule has 2 rings (SSSR count). The van der Waals surface area contributed by atoms with E-state index in [9.17, 15) is 0 Å². The largest absolute Gasteiger partial charge is 0.334 e. The maximum Gasteiger partial charge on any atom is 0.0948 e. The highest BCUT2D eigenvalue weighted by molar-refractivity contribution is 8.00. The fourth-order valence-electron chi connectivity index (χ4n) is 2.21. The average molecular weight is 239 g/mol. The van der Waals surface area contributed by atoms with Gasteiger partial charge in [0.25, 0.3) is 0 Å². The van der Waals surface area contributed by atoms with Crippen LogP contribution in [-0.4, -0.2) is 26.6 Å². The van der Waals surface area contributed by atoms with E-state index >= 15 is 0 Å². The van der Waals surface area contributed by atoms with Gasteiger partial charge in [0.1, 0.15) is 0 Å². The molecule has 1 aromatic heterocycles. The van der Waals surface area contributed by atoms with Crippen LogP contribution in [0.3, 0.4) is 0 Å². The molecule has 3 nitrogen and oxygen atoms in total. The number of hydrogen-bond acceptors (Lipinski definition) is 3. The summed E-state index contributed by atoms with van der Waals surface area (Å²) in [5.74, 6) is 1.32. The molecule has 16 heavy (non-hydrogen) atoms. The molecule has 1 unspecified atom stereocenters. The molecule has 0 radical (unpaired) electrons. The van der Waals surface area contributed by atoms with E-state index in [-0.39, 0.29) is 0 Å². The van der Waals surface area contributed by atoms with Gasteiger partial charge in [0.15, 0.2) is 0 Å². The zero-order valence-electron chi connectivity index (χ0n) is 10.2. The highest BCUT2D eigenvalue weighted by Crippen LogP contribution is 2.36. The topological polar surface area (TPSA) is 29.9 Å². The second-order valence-electron chi connectivity index (χ2n) is 4.68. The first-order chi connectivity index (χ1) is 7.73. The molecule has 0 bridgehead atoms. The zero-order valence-corrected chi connectivity index (χ0v) is 11.0. The monoisotopic (exact) mass is 239 g/mol. The van der Waals surface area contributed by atoms with Crippen LogP contribution in [0.4, 0.5) is 0 Å². The zero-order chi connectivity index (χ0) is 11.4. The SMILES string of the molecule is CCn1cncc1CNCC1(C)CCCS1. The molecule has 0 spiro atoms. The first-order valence-corrected chi connectivity index (χ1v) is 7.06. The second kappa shape index (κ2) is 5.23. The van der Waals surface area contributed by atoms with Crippen LogP contribution in [0.2, 0.25) is 0 Å². The van der Waals surface area contributed by atoms with Gasteiger partial charge in [-0.2, -0.15) is 11.8 Å². The van der Waals surface area contributed by atoms with Crippen LogP contribution in [0.5, 0.6) is 0 Å². The maximum absolute atomic E-state index is 4.18. The molecular formula is C12H21N3S. The molecule has 4 heteroatoms. The normalized spacial score (nSPS) is 25.1. The first kappa shape index (κ1) is 12.0. The van der Waals surface area contributed by atoms with E-state index < -0.39 is 0 Å². The molecule has 0 aromatic carbocycles. The lowest BCUT2D eigenvalue weighted by Gasteiger charge is -2.23. The van der Waals surface area contributed by atoms with Crippen molar-refractivity contribution in [2.45, 2.75) is 44.5 Å². The minimum Gasteiger partial charge on any atom is -0.334 e. The Morgan fingerprint density at radius 2 is 2.50 bits per heavy atom. The number of thioether (sulfide) groups is 1. The number of hydrogen-bond donors (Lipinski definition) is 1. The van der Waals surface area contributed by atoms with Crippen molar-refractivity contribution >= 4 is 11.8 Å². The van der Waals surface area contributed by atoms with Gasteiger partial charge in [-0.1, -0.05) is 0 Å². The Kier molecular flexibility index (Phi) is 3.92. The highest BCUT2D eigenvalue weighted by Gasteiger charge is 2.28. The molecule has 1 fully saturated rings. The predicted molar refractivity (Wildman–Crippen MR) is 69.7 cm³/mol. The van der Waals surface area contributed by atoms with Crippen molar-refractivity contribution in [3.63, 3.8) is 0 Å². The smallest absolute Gasteiger partial charge is 0.0948 e. The van der Waals surface area contributed by atoms with Crippen LogP contribution < -0.4 is 5.32 Å². The number of aryl methyl sites for hydroxylation is 1. The lowest BCUT2D eigenvalue weighted by molar-refractivity contribution is 0.526. The molecule has 1 aliphatic rings. The van der Waals surface area contributed by atoms with Crippen molar-refractivity contribution in [3.8, 4) is 0 Å². The molecule has 2 heterocycles. The van der Waals surface area contributed by atoms with E-state index in [4.69, 9.17) is 0 Å². The maximum atomic E-state index is 4.18. The van der Waals surface area contributed by atoms with E-state index in [1.807, 2.05) is 12.5 Å². The summed E-state index contributed by atoms with van der Waals surface area (Å²) in [4.78, 5) is 4.18. The van der Waals surface area contributed by atoms with E-state index in [1.54, 1.807) is 0 Å². The van der Waals surface area contributed by atoms with Crippen LogP contribution in [-0.2, 0) is 13.1 Å². The molecule has 1 aromatic rings. The third-order valence-electron chi connectivity index (χ3n) is 3.24. The molecule has 0 amide bonds. The molecule has 0 saturated carbocycles. The van der Waals surface area contributed by atoms with Gasteiger partial charge in [-0.15, -0.1) is 0 Å². The summed E-state index contributed by atoms with van der Waals surface area (Å²) >= 11 is 2.11. The summed E-state index contributed by atoms with van der Waals surface area (Å²) in [6, 6.07) is 0. The van der Waals surface area contributed by atoms with Gasteiger partial charge >= 0.3 is 0 Å². The second-order valence-corrected chi connectivity index (χ2v) is 6.36. The van der Waals surface area contributed by atoms with Crippen LogP contribution >= 0.6 is 11.8 Å². The third-order valence-corrected chi connectivity index (χ3v) is 4.78. The average Bonchev–Trinajstić information content (AvgIpc) is 2.88. The highest BCUT2D eigenvalue weighted by atomic mass is 32.2. The van der Waals surface area contributed by atoms with Crippen molar-refractivity contribution in [3.05, 3.63) is 18.2 Å². The van der Waals surface area contributed by atoms with Crippen molar-refractivity contribution in [1.82, 2.24) is 14.9 Å². The number of rotatable bonds is 5. The van der Waals surface area contributed by atoms with Crippen LogP contribution in [0, 0.1) is 0 Å². The van der Waals surface area contributed by atoms with Crippen LogP contribution in [0.1, 0.15) is 32.4 Å². The Balaban J connectivity index is 1.79. The Bertz CT molecular complexity index is 329. The molecule has 90 valence electrons. The lowest BCUT2D eigenvalue weighted by atomic mass is 10.1. The number of imidazole rings is 1. The fraction of sp³-hybridized carbons (Fsp3) is 0.750. The molecule has 1 saturated heterocycles. The summed E-state index contributed by atoms with van der Waals surface area (Å²) in [7, 11) is 0. The van der Waals surface area contributed by atoms with Crippen LogP contribution in [0.15, 0.2) is 12.5 Å².